The van der Waals surface area contributed by atoms with E-state index in [0.29, 0.717) is 6.10 Å². The summed E-state index contributed by atoms with van der Waals surface area (Å²) in [6, 6.07) is 0. The van der Waals surface area contributed by atoms with Crippen LogP contribution in [0.5, 0.6) is 0 Å². The second-order valence-electron chi connectivity index (χ2n) is 8.54. The molecule has 0 aliphatic heterocycles. The summed E-state index contributed by atoms with van der Waals surface area (Å²) in [7, 11) is 0. The van der Waals surface area contributed by atoms with Crippen LogP contribution >= 0.6 is 0 Å². The van der Waals surface area contributed by atoms with E-state index in [1.165, 1.54) is 44.9 Å². The summed E-state index contributed by atoms with van der Waals surface area (Å²) in [5.74, 6) is 1.73. The standard InChI is InChI=1S/C18H35NO/c1-14(2)15-9-11-18(12-10-15,13-19-17(3,4)5)20-16-7-6-8-16/h14-16,19H,6-13H2,1-5H3. The van der Waals surface area contributed by atoms with E-state index in [1.54, 1.807) is 0 Å². The van der Waals surface area contributed by atoms with Gasteiger partial charge < -0.3 is 10.1 Å². The predicted octanol–water partition coefficient (Wildman–Crippen LogP) is 4.53. The van der Waals surface area contributed by atoms with E-state index in [2.05, 4.69) is 39.9 Å². The molecule has 2 aliphatic rings. The summed E-state index contributed by atoms with van der Waals surface area (Å²) < 4.78 is 6.58. The molecule has 0 saturated heterocycles. The Morgan fingerprint density at radius 3 is 2.10 bits per heavy atom. The van der Waals surface area contributed by atoms with Gasteiger partial charge in [-0.3, -0.25) is 0 Å². The highest BCUT2D eigenvalue weighted by atomic mass is 16.5. The van der Waals surface area contributed by atoms with Crippen LogP contribution in [0.15, 0.2) is 0 Å². The molecular formula is C18H35NO. The first-order valence-corrected chi connectivity index (χ1v) is 8.73. The van der Waals surface area contributed by atoms with Crippen molar-refractivity contribution >= 4 is 0 Å². The minimum atomic E-state index is 0.115. The largest absolute Gasteiger partial charge is 0.370 e. The molecule has 0 heterocycles. The third kappa shape index (κ3) is 4.46. The Balaban J connectivity index is 1.94. The molecule has 118 valence electrons. The Bertz CT molecular complexity index is 293. The van der Waals surface area contributed by atoms with Crippen LogP contribution in [-0.4, -0.2) is 23.8 Å². The summed E-state index contributed by atoms with van der Waals surface area (Å²) in [5.41, 5.74) is 0.300. The van der Waals surface area contributed by atoms with Crippen LogP contribution in [0.25, 0.3) is 0 Å². The SMILES string of the molecule is CC(C)C1CCC(CNC(C)(C)C)(OC2CCC2)CC1. The topological polar surface area (TPSA) is 21.3 Å². The van der Waals surface area contributed by atoms with Crippen LogP contribution in [0.1, 0.15) is 79.6 Å². The van der Waals surface area contributed by atoms with Crippen molar-refractivity contribution in [2.24, 2.45) is 11.8 Å². The average Bonchev–Trinajstić information content (AvgIpc) is 2.32. The molecule has 2 rings (SSSR count). The predicted molar refractivity (Wildman–Crippen MR) is 86.0 cm³/mol. The lowest BCUT2D eigenvalue weighted by Gasteiger charge is -2.46. The Kier molecular flexibility index (Phi) is 5.18. The van der Waals surface area contributed by atoms with E-state index in [1.807, 2.05) is 0 Å². The van der Waals surface area contributed by atoms with Crippen LogP contribution in [-0.2, 0) is 4.74 Å². The van der Waals surface area contributed by atoms with E-state index in [4.69, 9.17) is 4.74 Å². The molecule has 2 aliphatic carbocycles. The smallest absolute Gasteiger partial charge is 0.0810 e. The van der Waals surface area contributed by atoms with Crippen molar-refractivity contribution < 1.29 is 4.74 Å². The summed E-state index contributed by atoms with van der Waals surface area (Å²) in [6.45, 7) is 12.5. The Hall–Kier alpha value is -0.0800. The molecule has 0 aromatic carbocycles. The lowest BCUT2D eigenvalue weighted by atomic mass is 9.74. The molecular weight excluding hydrogens is 246 g/mol. The normalized spacial score (nSPS) is 32.4. The van der Waals surface area contributed by atoms with E-state index in [0.717, 1.165) is 18.4 Å². The monoisotopic (exact) mass is 281 g/mol. The Labute approximate surface area is 126 Å². The molecule has 2 fully saturated rings. The second-order valence-corrected chi connectivity index (χ2v) is 8.54. The minimum Gasteiger partial charge on any atom is -0.370 e. The third-order valence-corrected chi connectivity index (χ3v) is 5.29. The number of hydrogen-bond donors (Lipinski definition) is 1. The number of rotatable bonds is 5. The molecule has 20 heavy (non-hydrogen) atoms. The van der Waals surface area contributed by atoms with Gasteiger partial charge in [0.2, 0.25) is 0 Å². The molecule has 0 bridgehead atoms. The zero-order valence-electron chi connectivity index (χ0n) is 14.3. The van der Waals surface area contributed by atoms with Crippen molar-refractivity contribution in [3.63, 3.8) is 0 Å². The van der Waals surface area contributed by atoms with Crippen molar-refractivity contribution in [2.45, 2.75) is 96.8 Å². The van der Waals surface area contributed by atoms with Crippen LogP contribution in [0.2, 0.25) is 0 Å². The highest BCUT2D eigenvalue weighted by molar-refractivity contribution is 4.93. The maximum atomic E-state index is 6.58. The van der Waals surface area contributed by atoms with Gasteiger partial charge in [-0.25, -0.2) is 0 Å². The average molecular weight is 281 g/mol. The number of hydrogen-bond acceptors (Lipinski definition) is 2. The maximum absolute atomic E-state index is 6.58. The first kappa shape index (κ1) is 16.3. The van der Waals surface area contributed by atoms with Crippen molar-refractivity contribution in [2.75, 3.05) is 6.54 Å². The molecule has 0 aromatic heterocycles. The molecule has 0 amide bonds. The van der Waals surface area contributed by atoms with Gasteiger partial charge in [-0.1, -0.05) is 13.8 Å². The van der Waals surface area contributed by atoms with Crippen LogP contribution < -0.4 is 5.32 Å². The maximum Gasteiger partial charge on any atom is 0.0810 e. The highest BCUT2D eigenvalue weighted by Crippen LogP contribution is 2.40. The molecule has 0 atom stereocenters. The van der Waals surface area contributed by atoms with Gasteiger partial charge in [0.05, 0.1) is 11.7 Å². The van der Waals surface area contributed by atoms with Gasteiger partial charge in [-0.05, 0) is 77.6 Å². The number of ether oxygens (including phenoxy) is 1. The van der Waals surface area contributed by atoms with Crippen molar-refractivity contribution in [1.29, 1.82) is 0 Å². The molecule has 0 radical (unpaired) electrons. The Morgan fingerprint density at radius 1 is 1.10 bits per heavy atom. The molecule has 1 N–H and O–H groups in total. The summed E-state index contributed by atoms with van der Waals surface area (Å²) in [6.07, 6.45) is 9.65. The summed E-state index contributed by atoms with van der Waals surface area (Å²) in [5, 5.41) is 3.71. The minimum absolute atomic E-state index is 0.115. The molecule has 0 unspecified atom stereocenters. The van der Waals surface area contributed by atoms with Gasteiger partial charge in [0.1, 0.15) is 0 Å². The van der Waals surface area contributed by atoms with Crippen molar-refractivity contribution in [3.8, 4) is 0 Å². The molecule has 2 nitrogen and oxygen atoms in total. The molecule has 0 spiro atoms. The van der Waals surface area contributed by atoms with Crippen molar-refractivity contribution in [3.05, 3.63) is 0 Å². The van der Waals surface area contributed by atoms with Gasteiger partial charge in [-0.15, -0.1) is 0 Å². The van der Waals surface area contributed by atoms with Gasteiger partial charge in [0, 0.05) is 12.1 Å². The quantitative estimate of drug-likeness (QED) is 0.799. The highest BCUT2D eigenvalue weighted by Gasteiger charge is 2.40. The molecule has 0 aromatic rings. The van der Waals surface area contributed by atoms with Gasteiger partial charge >= 0.3 is 0 Å². The van der Waals surface area contributed by atoms with Gasteiger partial charge in [0.25, 0.3) is 0 Å². The fourth-order valence-electron chi connectivity index (χ4n) is 3.44. The lowest BCUT2D eigenvalue weighted by molar-refractivity contribution is -0.144. The van der Waals surface area contributed by atoms with Crippen LogP contribution in [0.3, 0.4) is 0 Å². The second kappa shape index (κ2) is 6.36. The summed E-state index contributed by atoms with van der Waals surface area (Å²) in [4.78, 5) is 0. The molecule has 2 heteroatoms. The first-order valence-electron chi connectivity index (χ1n) is 8.73. The third-order valence-electron chi connectivity index (χ3n) is 5.29. The molecule has 2 saturated carbocycles. The van der Waals surface area contributed by atoms with Gasteiger partial charge in [0.15, 0.2) is 0 Å². The fraction of sp³-hybridized carbons (Fsp3) is 1.00. The van der Waals surface area contributed by atoms with E-state index >= 15 is 0 Å². The fourth-order valence-corrected chi connectivity index (χ4v) is 3.44. The van der Waals surface area contributed by atoms with Crippen LogP contribution in [0.4, 0.5) is 0 Å². The zero-order valence-corrected chi connectivity index (χ0v) is 14.3. The van der Waals surface area contributed by atoms with Crippen LogP contribution in [0, 0.1) is 11.8 Å². The number of nitrogens with one attached hydrogen (secondary N) is 1. The zero-order chi connectivity index (χ0) is 14.8. The van der Waals surface area contributed by atoms with Gasteiger partial charge in [-0.2, -0.15) is 0 Å². The Morgan fingerprint density at radius 2 is 1.70 bits per heavy atom. The first-order chi connectivity index (χ1) is 9.30. The van der Waals surface area contributed by atoms with E-state index < -0.39 is 0 Å². The summed E-state index contributed by atoms with van der Waals surface area (Å²) >= 11 is 0. The van der Waals surface area contributed by atoms with E-state index in [9.17, 15) is 0 Å². The van der Waals surface area contributed by atoms with E-state index in [-0.39, 0.29) is 11.1 Å². The van der Waals surface area contributed by atoms with Crippen molar-refractivity contribution in [1.82, 2.24) is 5.32 Å². The lowest BCUT2D eigenvalue weighted by Crippen LogP contribution is -2.53.